The molecule has 0 unspecified atom stereocenters. The first kappa shape index (κ1) is 24.0. The lowest BCUT2D eigenvalue weighted by molar-refractivity contribution is 0.242. The van der Waals surface area contributed by atoms with E-state index in [0.717, 1.165) is 23.7 Å². The smallest absolute Gasteiger partial charge is 0.174 e. The quantitative estimate of drug-likeness (QED) is 0.321. The number of hydrogen-bond donors (Lipinski definition) is 1. The Balaban J connectivity index is 1.57. The van der Waals surface area contributed by atoms with E-state index in [4.69, 9.17) is 17.0 Å². The molecule has 0 radical (unpaired) electrons. The first-order valence-electron chi connectivity index (χ1n) is 12.3. The van der Waals surface area contributed by atoms with Crippen LogP contribution in [0.25, 0.3) is 0 Å². The molecule has 0 aliphatic carbocycles. The number of hydrogen-bond acceptors (Lipinski definition) is 4. The van der Waals surface area contributed by atoms with E-state index in [1.165, 1.54) is 22.5 Å². The Bertz CT molecular complexity index is 1340. The molecule has 1 saturated heterocycles. The summed E-state index contributed by atoms with van der Waals surface area (Å²) in [5, 5.41) is 4.25. The highest BCUT2D eigenvalue weighted by Crippen LogP contribution is 2.43. The molecule has 4 heterocycles. The zero-order valence-corrected chi connectivity index (χ0v) is 21.9. The summed E-state index contributed by atoms with van der Waals surface area (Å²) in [7, 11) is 0. The van der Waals surface area contributed by atoms with E-state index in [2.05, 4.69) is 75.0 Å². The maximum absolute atomic E-state index is 5.91. The number of anilines is 1. The zero-order chi connectivity index (χ0) is 25.2. The van der Waals surface area contributed by atoms with Crippen molar-refractivity contribution in [3.05, 3.63) is 107 Å². The Morgan fingerprint density at radius 3 is 2.42 bits per heavy atom. The molecule has 2 atom stereocenters. The summed E-state index contributed by atoms with van der Waals surface area (Å²) in [5.74, 6) is 0.847. The molecule has 3 aromatic heterocycles. The van der Waals surface area contributed by atoms with E-state index in [1.54, 1.807) is 0 Å². The minimum absolute atomic E-state index is 0.0540. The molecule has 6 nitrogen and oxygen atoms in total. The fourth-order valence-corrected chi connectivity index (χ4v) is 5.29. The van der Waals surface area contributed by atoms with Crippen LogP contribution in [0.4, 0.5) is 5.69 Å². The fraction of sp³-hybridized carbons (Fsp3) is 0.276. The van der Waals surface area contributed by atoms with Crippen LogP contribution >= 0.6 is 12.2 Å². The predicted molar refractivity (Wildman–Crippen MR) is 147 cm³/mol. The molecule has 1 fully saturated rings. The van der Waals surface area contributed by atoms with Gasteiger partial charge in [0.1, 0.15) is 5.75 Å². The monoisotopic (exact) mass is 497 g/mol. The number of pyridine rings is 2. The Hall–Kier alpha value is -3.71. The van der Waals surface area contributed by atoms with Gasteiger partial charge in [-0.3, -0.25) is 9.97 Å². The molecular formula is C29H31N5OS. The molecule has 0 amide bonds. The number of ether oxygens (including phenoxy) is 1. The maximum Gasteiger partial charge on any atom is 0.174 e. The third-order valence-electron chi connectivity index (χ3n) is 6.61. The van der Waals surface area contributed by atoms with Gasteiger partial charge in [-0.25, -0.2) is 0 Å². The standard InChI is InChI=1S/C29H31N5OS/c1-19(2)35-24-10-8-23(9-11-24)34-28(27(32-29(34)36)26-7-5-6-14-31-26)25-17-20(3)33(21(25)4)18-22-12-15-30-16-13-22/h5-17,19,27-28H,18H2,1-4H3,(H,32,36)/t27-,28+/m1/s1. The summed E-state index contributed by atoms with van der Waals surface area (Å²) in [6, 6.07) is 20.5. The van der Waals surface area contributed by atoms with E-state index < -0.39 is 0 Å². The molecule has 7 heteroatoms. The Morgan fingerprint density at radius 2 is 1.75 bits per heavy atom. The number of thiocarbonyl (C=S) groups is 1. The molecule has 5 rings (SSSR count). The van der Waals surface area contributed by atoms with Gasteiger partial charge in [-0.15, -0.1) is 0 Å². The van der Waals surface area contributed by atoms with Crippen molar-refractivity contribution in [2.45, 2.75) is 52.4 Å². The minimum Gasteiger partial charge on any atom is -0.491 e. The molecule has 4 aromatic rings. The van der Waals surface area contributed by atoms with Gasteiger partial charge in [0.05, 0.1) is 23.9 Å². The second-order valence-electron chi connectivity index (χ2n) is 9.43. The van der Waals surface area contributed by atoms with Crippen LogP contribution in [0.3, 0.4) is 0 Å². The van der Waals surface area contributed by atoms with E-state index in [0.29, 0.717) is 5.11 Å². The molecule has 0 spiro atoms. The molecule has 1 aromatic carbocycles. The maximum atomic E-state index is 5.91. The average Bonchev–Trinajstić information content (AvgIpc) is 3.36. The third-order valence-corrected chi connectivity index (χ3v) is 6.92. The topological polar surface area (TPSA) is 55.2 Å². The Kier molecular flexibility index (Phi) is 6.74. The lowest BCUT2D eigenvalue weighted by Crippen LogP contribution is -2.29. The van der Waals surface area contributed by atoms with Crippen LogP contribution < -0.4 is 15.0 Å². The fourth-order valence-electron chi connectivity index (χ4n) is 4.95. The highest BCUT2D eigenvalue weighted by Gasteiger charge is 2.42. The van der Waals surface area contributed by atoms with E-state index in [9.17, 15) is 0 Å². The number of benzene rings is 1. The molecule has 0 bridgehead atoms. The van der Waals surface area contributed by atoms with Gasteiger partial charge < -0.3 is 19.5 Å². The van der Waals surface area contributed by atoms with Gasteiger partial charge in [-0.1, -0.05) is 6.07 Å². The molecule has 1 N–H and O–H groups in total. The molecule has 1 aliphatic heterocycles. The second-order valence-corrected chi connectivity index (χ2v) is 9.81. The lowest BCUT2D eigenvalue weighted by Gasteiger charge is -2.28. The lowest BCUT2D eigenvalue weighted by atomic mass is 9.96. The van der Waals surface area contributed by atoms with Crippen LogP contribution in [0, 0.1) is 13.8 Å². The largest absolute Gasteiger partial charge is 0.491 e. The summed E-state index contributed by atoms with van der Waals surface area (Å²) < 4.78 is 8.23. The van der Waals surface area contributed by atoms with Crippen LogP contribution in [0.5, 0.6) is 5.75 Å². The number of aryl methyl sites for hydroxylation is 1. The summed E-state index contributed by atoms with van der Waals surface area (Å²) in [6.45, 7) is 9.21. The highest BCUT2D eigenvalue weighted by molar-refractivity contribution is 7.80. The van der Waals surface area contributed by atoms with Gasteiger partial charge in [-0.05, 0) is 106 Å². The van der Waals surface area contributed by atoms with E-state index in [1.807, 2.05) is 56.7 Å². The predicted octanol–water partition coefficient (Wildman–Crippen LogP) is 5.91. The third kappa shape index (κ3) is 4.71. The van der Waals surface area contributed by atoms with Gasteiger partial charge in [0.25, 0.3) is 0 Å². The molecule has 0 saturated carbocycles. The van der Waals surface area contributed by atoms with Crippen molar-refractivity contribution >= 4 is 23.0 Å². The molecule has 1 aliphatic rings. The van der Waals surface area contributed by atoms with E-state index >= 15 is 0 Å². The SMILES string of the molecule is Cc1cc([C@H]2[C@@H](c3ccccn3)NC(=S)N2c2ccc(OC(C)C)cc2)c(C)n1Cc1ccncc1. The van der Waals surface area contributed by atoms with Crippen LogP contribution in [0.1, 0.15) is 54.1 Å². The van der Waals surface area contributed by atoms with Gasteiger partial charge in [0.2, 0.25) is 0 Å². The van der Waals surface area contributed by atoms with Crippen LogP contribution in [0.15, 0.2) is 79.3 Å². The summed E-state index contributed by atoms with van der Waals surface area (Å²) in [6.07, 6.45) is 5.65. The van der Waals surface area contributed by atoms with Gasteiger partial charge in [0, 0.05) is 42.2 Å². The summed E-state index contributed by atoms with van der Waals surface area (Å²) in [5.41, 5.74) is 6.85. The number of nitrogens with zero attached hydrogens (tertiary/aromatic N) is 4. The van der Waals surface area contributed by atoms with Crippen molar-refractivity contribution in [2.75, 3.05) is 4.90 Å². The van der Waals surface area contributed by atoms with Crippen molar-refractivity contribution in [3.63, 3.8) is 0 Å². The van der Waals surface area contributed by atoms with Crippen LogP contribution in [0.2, 0.25) is 0 Å². The number of aromatic nitrogens is 3. The Labute approximate surface area is 218 Å². The molecule has 36 heavy (non-hydrogen) atoms. The van der Waals surface area contributed by atoms with Crippen LogP contribution in [-0.2, 0) is 6.54 Å². The van der Waals surface area contributed by atoms with Crippen molar-refractivity contribution < 1.29 is 4.74 Å². The van der Waals surface area contributed by atoms with Crippen molar-refractivity contribution in [1.29, 1.82) is 0 Å². The summed E-state index contributed by atoms with van der Waals surface area (Å²) in [4.78, 5) is 11.1. The van der Waals surface area contributed by atoms with Gasteiger partial charge in [-0.2, -0.15) is 0 Å². The zero-order valence-electron chi connectivity index (χ0n) is 21.1. The first-order valence-corrected chi connectivity index (χ1v) is 12.7. The first-order chi connectivity index (χ1) is 17.4. The minimum atomic E-state index is -0.0832. The number of rotatable bonds is 7. The average molecular weight is 498 g/mol. The highest BCUT2D eigenvalue weighted by atomic mass is 32.1. The van der Waals surface area contributed by atoms with Crippen molar-refractivity contribution in [2.24, 2.45) is 0 Å². The van der Waals surface area contributed by atoms with Gasteiger partial charge in [0.15, 0.2) is 5.11 Å². The van der Waals surface area contributed by atoms with Crippen molar-refractivity contribution in [3.8, 4) is 5.75 Å². The van der Waals surface area contributed by atoms with Gasteiger partial charge >= 0.3 is 0 Å². The summed E-state index contributed by atoms with van der Waals surface area (Å²) >= 11 is 5.91. The second kappa shape index (κ2) is 10.1. The van der Waals surface area contributed by atoms with Crippen LogP contribution in [-0.4, -0.2) is 25.8 Å². The number of nitrogens with one attached hydrogen (secondary N) is 1. The van der Waals surface area contributed by atoms with E-state index in [-0.39, 0.29) is 18.2 Å². The molecule has 184 valence electrons. The normalized spacial score (nSPS) is 17.5. The Morgan fingerprint density at radius 1 is 1.00 bits per heavy atom. The van der Waals surface area contributed by atoms with Crippen molar-refractivity contribution in [1.82, 2.24) is 19.9 Å². The molecular weight excluding hydrogens is 466 g/mol.